The van der Waals surface area contributed by atoms with E-state index in [2.05, 4.69) is 30.9 Å². The standard InChI is InChI=1S/C19H29BN2/c1-14-15(2)18(5-4-17(14)6-9-20)10-16-11-22(12-16)19(13-21)7-3-8-19/h4-5,16H,3,6-13,21H2,1-2H3. The van der Waals surface area contributed by atoms with Crippen LogP contribution in [0.4, 0.5) is 0 Å². The molecule has 2 N–H and O–H groups in total. The van der Waals surface area contributed by atoms with Gasteiger partial charge in [-0.25, -0.2) is 0 Å². The molecule has 1 saturated carbocycles. The third kappa shape index (κ3) is 2.74. The van der Waals surface area contributed by atoms with Crippen LogP contribution in [0.1, 0.15) is 41.5 Å². The molecule has 2 aliphatic rings. The van der Waals surface area contributed by atoms with Gasteiger partial charge in [0.15, 0.2) is 0 Å². The summed E-state index contributed by atoms with van der Waals surface area (Å²) in [4.78, 5) is 2.64. The second kappa shape index (κ2) is 6.37. The monoisotopic (exact) mass is 296 g/mol. The minimum absolute atomic E-state index is 0.368. The third-order valence-corrected chi connectivity index (χ3v) is 6.23. The molecule has 1 aliphatic carbocycles. The number of hydrogen-bond donors (Lipinski definition) is 1. The first-order chi connectivity index (χ1) is 10.6. The molecule has 1 aromatic rings. The van der Waals surface area contributed by atoms with E-state index in [4.69, 9.17) is 13.6 Å². The van der Waals surface area contributed by atoms with Crippen molar-refractivity contribution in [1.29, 1.82) is 0 Å². The fourth-order valence-electron chi connectivity index (χ4n) is 4.21. The average Bonchev–Trinajstić information content (AvgIpc) is 2.43. The quantitative estimate of drug-likeness (QED) is 0.818. The van der Waals surface area contributed by atoms with Crippen molar-refractivity contribution in [3.05, 3.63) is 34.4 Å². The molecule has 2 nitrogen and oxygen atoms in total. The molecular weight excluding hydrogens is 267 g/mol. The normalized spacial score (nSPS) is 21.4. The molecule has 3 heteroatoms. The van der Waals surface area contributed by atoms with Crippen LogP contribution < -0.4 is 5.73 Å². The molecule has 22 heavy (non-hydrogen) atoms. The highest BCUT2D eigenvalue weighted by Crippen LogP contribution is 2.41. The van der Waals surface area contributed by atoms with E-state index in [0.717, 1.165) is 25.2 Å². The molecule has 1 heterocycles. The Morgan fingerprint density at radius 3 is 2.36 bits per heavy atom. The van der Waals surface area contributed by atoms with Crippen LogP contribution in [0.25, 0.3) is 0 Å². The zero-order valence-electron chi connectivity index (χ0n) is 14.2. The number of aryl methyl sites for hydroxylation is 1. The second-order valence-corrected chi connectivity index (χ2v) is 7.43. The maximum absolute atomic E-state index is 6.01. The largest absolute Gasteiger partial charge is 0.329 e. The first-order valence-electron chi connectivity index (χ1n) is 8.83. The predicted octanol–water partition coefficient (Wildman–Crippen LogP) is 2.79. The fraction of sp³-hybridized carbons (Fsp3) is 0.684. The molecule has 2 radical (unpaired) electrons. The first-order valence-corrected chi connectivity index (χ1v) is 8.83. The molecule has 0 unspecified atom stereocenters. The van der Waals surface area contributed by atoms with Crippen molar-refractivity contribution < 1.29 is 0 Å². The van der Waals surface area contributed by atoms with Crippen molar-refractivity contribution in [3.63, 3.8) is 0 Å². The van der Waals surface area contributed by atoms with Gasteiger partial charge in [-0.3, -0.25) is 4.90 Å². The maximum Gasteiger partial charge on any atom is 0.0657 e. The van der Waals surface area contributed by atoms with Gasteiger partial charge in [0.1, 0.15) is 0 Å². The summed E-state index contributed by atoms with van der Waals surface area (Å²) in [5.41, 5.74) is 12.2. The van der Waals surface area contributed by atoms with Gasteiger partial charge in [0, 0.05) is 25.2 Å². The summed E-state index contributed by atoms with van der Waals surface area (Å²) in [6.45, 7) is 7.83. The van der Waals surface area contributed by atoms with Crippen LogP contribution in [0.15, 0.2) is 12.1 Å². The lowest BCUT2D eigenvalue weighted by atomic mass is 9.72. The zero-order chi connectivity index (χ0) is 15.7. The van der Waals surface area contributed by atoms with Crippen LogP contribution in [-0.2, 0) is 12.8 Å². The molecule has 3 rings (SSSR count). The highest BCUT2D eigenvalue weighted by molar-refractivity contribution is 6.08. The molecule has 0 bridgehead atoms. The van der Waals surface area contributed by atoms with E-state index in [0.29, 0.717) is 5.54 Å². The van der Waals surface area contributed by atoms with Gasteiger partial charge < -0.3 is 5.73 Å². The summed E-state index contributed by atoms with van der Waals surface area (Å²) in [7, 11) is 5.70. The Hall–Kier alpha value is -0.795. The lowest BCUT2D eigenvalue weighted by molar-refractivity contribution is -0.0559. The van der Waals surface area contributed by atoms with Crippen molar-refractivity contribution >= 4 is 7.85 Å². The van der Waals surface area contributed by atoms with Gasteiger partial charge in [0.2, 0.25) is 0 Å². The molecule has 2 fully saturated rings. The zero-order valence-corrected chi connectivity index (χ0v) is 14.2. The lowest BCUT2D eigenvalue weighted by Gasteiger charge is -2.57. The van der Waals surface area contributed by atoms with Crippen molar-refractivity contribution in [2.45, 2.75) is 57.8 Å². The topological polar surface area (TPSA) is 29.3 Å². The Morgan fingerprint density at radius 1 is 1.18 bits per heavy atom. The smallest absolute Gasteiger partial charge is 0.0657 e. The minimum Gasteiger partial charge on any atom is -0.329 e. The van der Waals surface area contributed by atoms with E-state index in [9.17, 15) is 0 Å². The van der Waals surface area contributed by atoms with Crippen LogP contribution in [0.3, 0.4) is 0 Å². The molecule has 1 aliphatic heterocycles. The number of likely N-dealkylation sites (tertiary alicyclic amines) is 1. The van der Waals surface area contributed by atoms with E-state index in [1.807, 2.05) is 0 Å². The van der Waals surface area contributed by atoms with Gasteiger partial charge in [-0.2, -0.15) is 0 Å². The van der Waals surface area contributed by atoms with Gasteiger partial charge in [0.05, 0.1) is 7.85 Å². The van der Waals surface area contributed by atoms with E-state index >= 15 is 0 Å². The van der Waals surface area contributed by atoms with Crippen LogP contribution >= 0.6 is 0 Å². The van der Waals surface area contributed by atoms with Gasteiger partial charge in [-0.1, -0.05) is 18.5 Å². The average molecular weight is 296 g/mol. The van der Waals surface area contributed by atoms with Crippen LogP contribution in [0.2, 0.25) is 6.32 Å². The Morgan fingerprint density at radius 2 is 1.82 bits per heavy atom. The van der Waals surface area contributed by atoms with Crippen LogP contribution in [-0.4, -0.2) is 37.9 Å². The summed E-state index contributed by atoms with van der Waals surface area (Å²) in [6.07, 6.45) is 6.91. The SMILES string of the molecule is [B]CCc1ccc(CC2CN(C3(CN)CCC3)C2)c(C)c1C. The van der Waals surface area contributed by atoms with Crippen LogP contribution in [0, 0.1) is 19.8 Å². The highest BCUT2D eigenvalue weighted by atomic mass is 15.3. The van der Waals surface area contributed by atoms with Crippen molar-refractivity contribution in [1.82, 2.24) is 4.90 Å². The maximum atomic E-state index is 6.01. The second-order valence-electron chi connectivity index (χ2n) is 7.43. The fourth-order valence-corrected chi connectivity index (χ4v) is 4.21. The van der Waals surface area contributed by atoms with Gasteiger partial charge in [-0.05, 0) is 74.1 Å². The molecule has 0 atom stereocenters. The molecule has 0 aromatic heterocycles. The summed E-state index contributed by atoms with van der Waals surface area (Å²) >= 11 is 0. The predicted molar refractivity (Wildman–Crippen MR) is 94.6 cm³/mol. The van der Waals surface area contributed by atoms with Gasteiger partial charge in [0.25, 0.3) is 0 Å². The molecule has 1 saturated heterocycles. The van der Waals surface area contributed by atoms with Crippen molar-refractivity contribution in [2.24, 2.45) is 11.7 Å². The molecule has 1 aromatic carbocycles. The highest BCUT2D eigenvalue weighted by Gasteiger charge is 2.46. The van der Waals surface area contributed by atoms with Gasteiger partial charge >= 0.3 is 0 Å². The Kier molecular flexibility index (Phi) is 4.65. The number of hydrogen-bond acceptors (Lipinski definition) is 2. The number of nitrogens with two attached hydrogens (primary N) is 1. The molecule has 0 amide bonds. The Bertz CT molecular complexity index is 525. The summed E-state index contributed by atoms with van der Waals surface area (Å²) in [5.74, 6) is 0.808. The molecule has 0 spiro atoms. The number of nitrogens with zero attached hydrogens (tertiary/aromatic N) is 1. The van der Waals surface area contributed by atoms with Crippen molar-refractivity contribution in [3.8, 4) is 0 Å². The van der Waals surface area contributed by atoms with E-state index < -0.39 is 0 Å². The molecule has 118 valence electrons. The van der Waals surface area contributed by atoms with E-state index in [-0.39, 0.29) is 0 Å². The number of benzene rings is 1. The lowest BCUT2D eigenvalue weighted by Crippen LogP contribution is -2.66. The van der Waals surface area contributed by atoms with Gasteiger partial charge in [-0.15, -0.1) is 0 Å². The van der Waals surface area contributed by atoms with E-state index in [1.165, 1.54) is 61.0 Å². The minimum atomic E-state index is 0.368. The van der Waals surface area contributed by atoms with Crippen molar-refractivity contribution in [2.75, 3.05) is 19.6 Å². The Balaban J connectivity index is 1.60. The van der Waals surface area contributed by atoms with E-state index in [1.54, 1.807) is 0 Å². The van der Waals surface area contributed by atoms with Crippen LogP contribution in [0.5, 0.6) is 0 Å². The third-order valence-electron chi connectivity index (χ3n) is 6.23. The molecular formula is C19H29BN2. The Labute approximate surface area is 136 Å². The first kappa shape index (κ1) is 16.1. The summed E-state index contributed by atoms with van der Waals surface area (Å²) in [5, 5.41) is 0. The summed E-state index contributed by atoms with van der Waals surface area (Å²) in [6, 6.07) is 4.62. The number of rotatable bonds is 6. The summed E-state index contributed by atoms with van der Waals surface area (Å²) < 4.78 is 0.